The highest BCUT2D eigenvalue weighted by Gasteiger charge is 2.24. The molecular formula is C50H31N5O. The maximum Gasteiger partial charge on any atom is 0.160 e. The fraction of sp³-hybridized carbons (Fsp3) is 0. The van der Waals surface area contributed by atoms with E-state index in [0.717, 1.165) is 99.7 Å². The predicted molar refractivity (Wildman–Crippen MR) is 228 cm³/mol. The van der Waals surface area contributed by atoms with E-state index in [2.05, 4.69) is 167 Å². The highest BCUT2D eigenvalue weighted by Crippen LogP contribution is 2.43. The minimum absolute atomic E-state index is 0.837. The number of rotatable bonds is 5. The summed E-state index contributed by atoms with van der Waals surface area (Å²) in [5.74, 6) is 0. The van der Waals surface area contributed by atoms with Gasteiger partial charge in [0.25, 0.3) is 0 Å². The van der Waals surface area contributed by atoms with Gasteiger partial charge in [0.15, 0.2) is 5.58 Å². The molecule has 12 rings (SSSR count). The van der Waals surface area contributed by atoms with E-state index in [0.29, 0.717) is 0 Å². The van der Waals surface area contributed by atoms with Crippen LogP contribution in [0.15, 0.2) is 192 Å². The molecule has 262 valence electrons. The first-order valence-electron chi connectivity index (χ1n) is 18.9. The van der Waals surface area contributed by atoms with Crippen molar-refractivity contribution in [2.45, 2.75) is 0 Å². The number of nitrogens with zero attached hydrogens (tertiary/aromatic N) is 5. The number of para-hydroxylation sites is 4. The third-order valence-corrected chi connectivity index (χ3v) is 11.2. The minimum Gasteiger partial charge on any atom is -0.454 e. The molecule has 6 nitrogen and oxygen atoms in total. The number of hydrogen-bond acceptors (Lipinski definition) is 3. The Morgan fingerprint density at radius 1 is 0.429 bits per heavy atom. The van der Waals surface area contributed by atoms with Crippen LogP contribution < -0.4 is 0 Å². The first-order chi connectivity index (χ1) is 27.8. The van der Waals surface area contributed by atoms with Crippen molar-refractivity contribution in [1.82, 2.24) is 24.1 Å². The molecule has 0 radical (unpaired) electrons. The maximum absolute atomic E-state index is 6.67. The fourth-order valence-corrected chi connectivity index (χ4v) is 8.83. The third kappa shape index (κ3) is 4.38. The van der Waals surface area contributed by atoms with Crippen molar-refractivity contribution in [2.24, 2.45) is 0 Å². The van der Waals surface area contributed by atoms with Crippen LogP contribution in [-0.4, -0.2) is 24.1 Å². The lowest BCUT2D eigenvalue weighted by Gasteiger charge is -2.13. The SMILES string of the molecule is c1ccc(-c2nnn(-c3ccccc3)c2-c2cccc3c2c2ccccc2n3-c2cccc(-n3c4ccccc4c4ccc5c6ccccc6oc5c43)c2)cc1. The zero-order valence-corrected chi connectivity index (χ0v) is 30.0. The molecule has 6 heteroatoms. The van der Waals surface area contributed by atoms with E-state index >= 15 is 0 Å². The summed E-state index contributed by atoms with van der Waals surface area (Å²) in [6.45, 7) is 0. The Morgan fingerprint density at radius 3 is 1.86 bits per heavy atom. The normalized spacial score (nSPS) is 11.9. The van der Waals surface area contributed by atoms with Crippen LogP contribution in [0.3, 0.4) is 0 Å². The molecule has 0 atom stereocenters. The number of furan rings is 1. The summed E-state index contributed by atoms with van der Waals surface area (Å²) in [7, 11) is 0. The second-order valence-electron chi connectivity index (χ2n) is 14.3. The molecule has 0 spiro atoms. The monoisotopic (exact) mass is 717 g/mol. The van der Waals surface area contributed by atoms with Gasteiger partial charge in [-0.25, -0.2) is 4.68 Å². The zero-order valence-electron chi connectivity index (χ0n) is 30.0. The van der Waals surface area contributed by atoms with Crippen molar-refractivity contribution in [3.8, 4) is 39.6 Å². The minimum atomic E-state index is 0.837. The lowest BCUT2D eigenvalue weighted by atomic mass is 9.99. The number of aromatic nitrogens is 5. The highest BCUT2D eigenvalue weighted by molar-refractivity contribution is 6.21. The van der Waals surface area contributed by atoms with E-state index in [-0.39, 0.29) is 0 Å². The van der Waals surface area contributed by atoms with Crippen LogP contribution in [-0.2, 0) is 0 Å². The van der Waals surface area contributed by atoms with Gasteiger partial charge in [0.05, 0.1) is 27.8 Å². The third-order valence-electron chi connectivity index (χ3n) is 11.2. The van der Waals surface area contributed by atoms with E-state index in [1.54, 1.807) is 0 Å². The van der Waals surface area contributed by atoms with E-state index in [4.69, 9.17) is 14.7 Å². The molecule has 8 aromatic carbocycles. The molecule has 0 unspecified atom stereocenters. The number of hydrogen-bond donors (Lipinski definition) is 0. The molecule has 4 aromatic heterocycles. The first-order valence-corrected chi connectivity index (χ1v) is 18.9. The number of fused-ring (bicyclic) bond motifs is 10. The summed E-state index contributed by atoms with van der Waals surface area (Å²) in [6.07, 6.45) is 0. The lowest BCUT2D eigenvalue weighted by Crippen LogP contribution is -2.00. The van der Waals surface area contributed by atoms with Crippen molar-refractivity contribution in [3.05, 3.63) is 188 Å². The van der Waals surface area contributed by atoms with Crippen LogP contribution in [0.4, 0.5) is 0 Å². The van der Waals surface area contributed by atoms with Gasteiger partial charge in [0.2, 0.25) is 0 Å². The summed E-state index contributed by atoms with van der Waals surface area (Å²) < 4.78 is 13.4. The van der Waals surface area contributed by atoms with Gasteiger partial charge in [-0.2, -0.15) is 0 Å². The van der Waals surface area contributed by atoms with Gasteiger partial charge in [-0.05, 0) is 60.7 Å². The second-order valence-corrected chi connectivity index (χ2v) is 14.3. The van der Waals surface area contributed by atoms with Crippen LogP contribution in [0.5, 0.6) is 0 Å². The summed E-state index contributed by atoms with van der Waals surface area (Å²) in [4.78, 5) is 0. The second kappa shape index (κ2) is 11.9. The molecule has 0 saturated carbocycles. The molecule has 0 amide bonds. The Hall–Kier alpha value is -7.70. The molecule has 0 aliphatic heterocycles. The Kier molecular flexibility index (Phi) is 6.53. The maximum atomic E-state index is 6.67. The largest absolute Gasteiger partial charge is 0.454 e. The van der Waals surface area contributed by atoms with Crippen LogP contribution in [0.25, 0.3) is 105 Å². The van der Waals surface area contributed by atoms with Gasteiger partial charge in [-0.1, -0.05) is 133 Å². The van der Waals surface area contributed by atoms with Crippen LogP contribution in [0.1, 0.15) is 0 Å². The number of benzene rings is 8. The van der Waals surface area contributed by atoms with Gasteiger partial charge < -0.3 is 13.6 Å². The molecule has 0 bridgehead atoms. The van der Waals surface area contributed by atoms with Crippen molar-refractivity contribution < 1.29 is 4.42 Å². The van der Waals surface area contributed by atoms with Crippen LogP contribution in [0.2, 0.25) is 0 Å². The highest BCUT2D eigenvalue weighted by atomic mass is 16.3. The van der Waals surface area contributed by atoms with E-state index in [1.807, 2.05) is 35.0 Å². The van der Waals surface area contributed by atoms with Gasteiger partial charge >= 0.3 is 0 Å². The van der Waals surface area contributed by atoms with Gasteiger partial charge in [-0.15, -0.1) is 5.10 Å². The summed E-state index contributed by atoms with van der Waals surface area (Å²) in [6, 6.07) is 66.2. The van der Waals surface area contributed by atoms with Gasteiger partial charge in [0.1, 0.15) is 17.0 Å². The van der Waals surface area contributed by atoms with Crippen LogP contribution >= 0.6 is 0 Å². The van der Waals surface area contributed by atoms with E-state index < -0.39 is 0 Å². The van der Waals surface area contributed by atoms with Crippen molar-refractivity contribution in [3.63, 3.8) is 0 Å². The zero-order chi connectivity index (χ0) is 36.7. The summed E-state index contributed by atoms with van der Waals surface area (Å²) in [5, 5.41) is 16.5. The molecule has 56 heavy (non-hydrogen) atoms. The van der Waals surface area contributed by atoms with E-state index in [1.165, 1.54) is 5.39 Å². The Morgan fingerprint density at radius 2 is 1.04 bits per heavy atom. The van der Waals surface area contributed by atoms with Crippen molar-refractivity contribution in [1.29, 1.82) is 0 Å². The van der Waals surface area contributed by atoms with Crippen molar-refractivity contribution in [2.75, 3.05) is 0 Å². The van der Waals surface area contributed by atoms with Crippen LogP contribution in [0, 0.1) is 0 Å². The molecular weight excluding hydrogens is 687 g/mol. The topological polar surface area (TPSA) is 53.7 Å². The van der Waals surface area contributed by atoms with Crippen molar-refractivity contribution >= 4 is 65.6 Å². The Bertz CT molecular complexity index is 3420. The van der Waals surface area contributed by atoms with E-state index in [9.17, 15) is 0 Å². The Labute approximate surface area is 320 Å². The molecule has 0 fully saturated rings. The fourth-order valence-electron chi connectivity index (χ4n) is 8.83. The first kappa shape index (κ1) is 30.7. The average molecular weight is 718 g/mol. The van der Waals surface area contributed by atoms with Gasteiger partial charge in [-0.3, -0.25) is 0 Å². The standard InChI is InChI=1S/C50H31N5O/c1-3-15-32(16-4-1)47-48(55(52-51-47)33-17-5-2-6-18-33)41-24-14-27-44-46(41)40-23-8-11-26-43(40)53(44)34-19-13-20-35(31-34)54-42-25-10-7-21-36(42)38-29-30-39-37-22-9-12-28-45(37)56-50(39)49(38)54/h1-31H. The summed E-state index contributed by atoms with van der Waals surface area (Å²) in [5.41, 5.74) is 13.1. The average Bonchev–Trinajstić information content (AvgIpc) is 4.04. The Balaban J connectivity index is 1.13. The quantitative estimate of drug-likeness (QED) is 0.178. The van der Waals surface area contributed by atoms with Gasteiger partial charge in [0, 0.05) is 54.8 Å². The molecule has 0 aliphatic carbocycles. The molecule has 0 N–H and O–H groups in total. The molecule has 0 saturated heterocycles. The smallest absolute Gasteiger partial charge is 0.160 e. The molecule has 0 aliphatic rings. The summed E-state index contributed by atoms with van der Waals surface area (Å²) >= 11 is 0. The molecule has 4 heterocycles. The predicted octanol–water partition coefficient (Wildman–Crippen LogP) is 12.7. The molecule has 12 aromatic rings. The lowest BCUT2D eigenvalue weighted by molar-refractivity contribution is 0.671.